The van der Waals surface area contributed by atoms with Crippen molar-refractivity contribution in [1.82, 2.24) is 0 Å². The van der Waals surface area contributed by atoms with Crippen molar-refractivity contribution in [2.24, 2.45) is 9.98 Å². The molecule has 0 aromatic rings. The van der Waals surface area contributed by atoms with Crippen LogP contribution in [0, 0.1) is 0 Å². The van der Waals surface area contributed by atoms with Crippen LogP contribution in [0.2, 0.25) is 0 Å². The van der Waals surface area contributed by atoms with Crippen LogP contribution >= 0.6 is 0 Å². The topological polar surface area (TPSA) is 111 Å². The van der Waals surface area contributed by atoms with E-state index in [4.69, 9.17) is 9.47 Å². The lowest BCUT2D eigenvalue weighted by atomic mass is 10.2. The highest BCUT2D eigenvalue weighted by atomic mass is 16.5. The van der Waals surface area contributed by atoms with Gasteiger partial charge in [-0.1, -0.05) is 0 Å². The Bertz CT molecular complexity index is 410. The van der Waals surface area contributed by atoms with Crippen molar-refractivity contribution in [3.8, 4) is 0 Å². The molecule has 0 saturated carbocycles. The van der Waals surface area contributed by atoms with E-state index in [1.54, 1.807) is 0 Å². The van der Waals surface area contributed by atoms with Crippen molar-refractivity contribution >= 4 is 24.1 Å². The van der Waals surface area contributed by atoms with Gasteiger partial charge in [-0.25, -0.2) is 19.2 Å². The molecule has 0 heterocycles. The van der Waals surface area contributed by atoms with Gasteiger partial charge in [-0.2, -0.15) is 9.98 Å². The van der Waals surface area contributed by atoms with Gasteiger partial charge in [-0.15, -0.1) is 0 Å². The summed E-state index contributed by atoms with van der Waals surface area (Å²) in [5, 5.41) is 0. The van der Waals surface area contributed by atoms with Crippen molar-refractivity contribution in [2.75, 3.05) is 13.2 Å². The minimum atomic E-state index is -0.826. The van der Waals surface area contributed by atoms with Gasteiger partial charge in [0.15, 0.2) is 12.1 Å². The van der Waals surface area contributed by atoms with Crippen LogP contribution in [0.5, 0.6) is 0 Å². The first-order valence-corrected chi connectivity index (χ1v) is 7.00. The number of hydrogen-bond donors (Lipinski definition) is 0. The maximum Gasteiger partial charge on any atom is 0.331 e. The first kappa shape index (κ1) is 19.7. The van der Waals surface area contributed by atoms with Gasteiger partial charge in [0, 0.05) is 0 Å². The first-order chi connectivity index (χ1) is 10.5. The second kappa shape index (κ2) is 12.4. The van der Waals surface area contributed by atoms with Crippen LogP contribution in [0.4, 0.5) is 0 Å². The Labute approximate surface area is 128 Å². The molecule has 0 aromatic heterocycles. The fourth-order valence-corrected chi connectivity index (χ4v) is 1.41. The maximum absolute atomic E-state index is 11.3. The maximum atomic E-state index is 11.3. The molecule has 8 heteroatoms. The number of hydrogen-bond acceptors (Lipinski definition) is 8. The van der Waals surface area contributed by atoms with Crippen LogP contribution in [0.3, 0.4) is 0 Å². The lowest BCUT2D eigenvalue weighted by Gasteiger charge is -2.07. The highest BCUT2D eigenvalue weighted by Crippen LogP contribution is 2.03. The number of isocyanates is 2. The van der Waals surface area contributed by atoms with Crippen molar-refractivity contribution in [1.29, 1.82) is 0 Å². The summed E-state index contributed by atoms with van der Waals surface area (Å²) in [6, 6.07) is -1.65. The lowest BCUT2D eigenvalue weighted by molar-refractivity contribution is -0.145. The molecular weight excluding hydrogens is 292 g/mol. The number of carbonyl (C=O) groups excluding carboxylic acids is 4. The second-order valence-electron chi connectivity index (χ2n) is 4.54. The summed E-state index contributed by atoms with van der Waals surface area (Å²) in [6.07, 6.45) is 5.55. The number of carbonyl (C=O) groups is 2. The van der Waals surface area contributed by atoms with Gasteiger partial charge in [0.25, 0.3) is 0 Å². The van der Waals surface area contributed by atoms with Gasteiger partial charge in [-0.3, -0.25) is 0 Å². The molecule has 0 fully saturated rings. The van der Waals surface area contributed by atoms with Gasteiger partial charge in [0.05, 0.1) is 13.2 Å². The van der Waals surface area contributed by atoms with E-state index in [-0.39, 0.29) is 13.2 Å². The fourth-order valence-electron chi connectivity index (χ4n) is 1.41. The Balaban J connectivity index is 3.55. The summed E-state index contributed by atoms with van der Waals surface area (Å²) >= 11 is 0. The molecule has 0 rings (SSSR count). The molecule has 0 aliphatic rings. The predicted molar refractivity (Wildman–Crippen MR) is 75.6 cm³/mol. The lowest BCUT2D eigenvalue weighted by Crippen LogP contribution is -2.19. The quantitative estimate of drug-likeness (QED) is 0.244. The molecule has 0 aromatic carbocycles. The Morgan fingerprint density at radius 3 is 1.50 bits per heavy atom. The summed E-state index contributed by atoms with van der Waals surface area (Å²) in [4.78, 5) is 49.0. The monoisotopic (exact) mass is 312 g/mol. The van der Waals surface area contributed by atoms with E-state index >= 15 is 0 Å². The number of unbranched alkanes of at least 4 members (excludes halogenated alkanes) is 3. The van der Waals surface area contributed by atoms with Gasteiger partial charge in [0.2, 0.25) is 12.2 Å². The molecule has 2 atom stereocenters. The van der Waals surface area contributed by atoms with Gasteiger partial charge < -0.3 is 9.47 Å². The van der Waals surface area contributed by atoms with Crippen molar-refractivity contribution in [3.05, 3.63) is 0 Å². The Morgan fingerprint density at radius 2 is 1.18 bits per heavy atom. The number of aliphatic imine (C=N–C) groups is 2. The van der Waals surface area contributed by atoms with Crippen LogP contribution in [0.25, 0.3) is 0 Å². The molecule has 8 nitrogen and oxygen atoms in total. The molecule has 0 bridgehead atoms. The van der Waals surface area contributed by atoms with Crippen molar-refractivity contribution in [2.45, 2.75) is 51.6 Å². The third-order valence-corrected chi connectivity index (χ3v) is 2.70. The van der Waals surface area contributed by atoms with Crippen LogP contribution in [0.1, 0.15) is 39.5 Å². The molecule has 122 valence electrons. The summed E-state index contributed by atoms with van der Waals surface area (Å²) in [5.41, 5.74) is 0. The molecule has 0 aliphatic heterocycles. The molecule has 0 amide bonds. The number of esters is 2. The average molecular weight is 312 g/mol. The number of rotatable bonds is 11. The van der Waals surface area contributed by atoms with Crippen molar-refractivity contribution < 1.29 is 28.7 Å². The Hall–Kier alpha value is -2.30. The molecule has 2 unspecified atom stereocenters. The normalized spacial score (nSPS) is 12.3. The molecule has 0 radical (unpaired) electrons. The van der Waals surface area contributed by atoms with Crippen molar-refractivity contribution in [3.63, 3.8) is 0 Å². The van der Waals surface area contributed by atoms with E-state index in [9.17, 15) is 19.2 Å². The zero-order valence-corrected chi connectivity index (χ0v) is 12.7. The molecule has 22 heavy (non-hydrogen) atoms. The van der Waals surface area contributed by atoms with E-state index in [0.29, 0.717) is 12.8 Å². The van der Waals surface area contributed by atoms with E-state index < -0.39 is 24.0 Å². The average Bonchev–Trinajstić information content (AvgIpc) is 2.49. The third kappa shape index (κ3) is 9.58. The highest BCUT2D eigenvalue weighted by Gasteiger charge is 2.13. The fraction of sp³-hybridized carbons (Fsp3) is 0.714. The standard InChI is InChI=1S/C14H20N2O6/c1-11(15-9-17)13(19)21-7-5-3-4-6-8-22-14(20)12(2)16-10-18/h11-12H,3-8H2,1-2H3. The third-order valence-electron chi connectivity index (χ3n) is 2.70. The van der Waals surface area contributed by atoms with E-state index in [1.807, 2.05) is 0 Å². The first-order valence-electron chi connectivity index (χ1n) is 7.00. The van der Waals surface area contributed by atoms with E-state index in [0.717, 1.165) is 12.8 Å². The molecule has 0 N–H and O–H groups in total. The number of ether oxygens (including phenoxy) is 2. The van der Waals surface area contributed by atoms with Crippen LogP contribution in [-0.2, 0) is 28.7 Å². The van der Waals surface area contributed by atoms with Crippen LogP contribution < -0.4 is 0 Å². The molecule has 0 spiro atoms. The van der Waals surface area contributed by atoms with Gasteiger partial charge >= 0.3 is 11.9 Å². The summed E-state index contributed by atoms with van der Waals surface area (Å²) < 4.78 is 9.83. The van der Waals surface area contributed by atoms with Gasteiger partial charge in [-0.05, 0) is 39.5 Å². The predicted octanol–water partition coefficient (Wildman–Crippen LogP) is 1.08. The van der Waals surface area contributed by atoms with E-state index in [1.165, 1.54) is 26.0 Å². The SMILES string of the molecule is CC(N=C=O)C(=O)OCCCCCCOC(=O)C(C)N=C=O. The smallest absolute Gasteiger partial charge is 0.331 e. The molecule has 0 saturated heterocycles. The minimum Gasteiger partial charge on any atom is -0.464 e. The summed E-state index contributed by atoms with van der Waals surface area (Å²) in [5.74, 6) is -1.11. The largest absolute Gasteiger partial charge is 0.464 e. The highest BCUT2D eigenvalue weighted by molar-refractivity contribution is 5.76. The molecular formula is C14H20N2O6. The number of nitrogens with zero attached hydrogens (tertiary/aromatic N) is 2. The van der Waals surface area contributed by atoms with E-state index in [2.05, 4.69) is 9.98 Å². The van der Waals surface area contributed by atoms with Gasteiger partial charge in [0.1, 0.15) is 0 Å². The minimum absolute atomic E-state index is 0.252. The zero-order valence-electron chi connectivity index (χ0n) is 12.7. The zero-order chi connectivity index (χ0) is 16.8. The second-order valence-corrected chi connectivity index (χ2v) is 4.54. The Kier molecular flexibility index (Phi) is 11.1. The Morgan fingerprint density at radius 1 is 0.818 bits per heavy atom. The summed E-state index contributed by atoms with van der Waals surface area (Å²) in [6.45, 7) is 3.42. The molecule has 0 aliphatic carbocycles. The summed E-state index contributed by atoms with van der Waals surface area (Å²) in [7, 11) is 0. The van der Waals surface area contributed by atoms with Crippen LogP contribution in [0.15, 0.2) is 9.98 Å². The van der Waals surface area contributed by atoms with Crippen LogP contribution in [-0.4, -0.2) is 49.4 Å².